The Hall–Kier alpha value is -1.39. The molecular weight excluding hydrogens is 304 g/mol. The number of pyridine rings is 1. The lowest BCUT2D eigenvalue weighted by molar-refractivity contribution is 0.302. The Balaban J connectivity index is 2.10. The number of nitrogens with two attached hydrogens (primary N) is 1. The van der Waals surface area contributed by atoms with Gasteiger partial charge in [0.05, 0.1) is 0 Å². The quantitative estimate of drug-likeness (QED) is 0.920. The summed E-state index contributed by atoms with van der Waals surface area (Å²) >= 11 is 3.40. The summed E-state index contributed by atoms with van der Waals surface area (Å²) in [5.41, 5.74) is 9.05. The average Bonchev–Trinajstić information content (AvgIpc) is 2.38. The molecule has 0 fully saturated rings. The minimum absolute atomic E-state index is 0.507. The highest BCUT2D eigenvalue weighted by Gasteiger charge is 2.04. The third-order valence-electron chi connectivity index (χ3n) is 2.79. The molecule has 0 radical (unpaired) electrons. The van der Waals surface area contributed by atoms with Crippen LogP contribution in [-0.2, 0) is 13.0 Å². The van der Waals surface area contributed by atoms with E-state index in [1.807, 2.05) is 18.3 Å². The van der Waals surface area contributed by atoms with Crippen molar-refractivity contribution < 1.29 is 4.74 Å². The van der Waals surface area contributed by atoms with Gasteiger partial charge in [0.15, 0.2) is 0 Å². The SMILES string of the molecule is Cc1ccc(OCc2cncc(Br)c2)c(CCN)c1. The maximum atomic E-state index is 5.87. The fraction of sp³-hybridized carbons (Fsp3) is 0.267. The molecule has 0 saturated carbocycles. The molecule has 1 aromatic carbocycles. The van der Waals surface area contributed by atoms with Crippen molar-refractivity contribution in [2.24, 2.45) is 5.73 Å². The van der Waals surface area contributed by atoms with Gasteiger partial charge in [0, 0.05) is 22.4 Å². The molecule has 0 atom stereocenters. The van der Waals surface area contributed by atoms with Crippen LogP contribution >= 0.6 is 15.9 Å². The number of hydrogen-bond donors (Lipinski definition) is 1. The van der Waals surface area contributed by atoms with Gasteiger partial charge in [-0.05, 0) is 53.5 Å². The Morgan fingerprint density at radius 3 is 2.84 bits per heavy atom. The van der Waals surface area contributed by atoms with Crippen LogP contribution in [0.15, 0.2) is 41.1 Å². The highest BCUT2D eigenvalue weighted by atomic mass is 79.9. The molecule has 0 aliphatic rings. The molecule has 0 unspecified atom stereocenters. The van der Waals surface area contributed by atoms with Crippen LogP contribution in [0.5, 0.6) is 5.75 Å². The van der Waals surface area contributed by atoms with Crippen LogP contribution in [0.4, 0.5) is 0 Å². The van der Waals surface area contributed by atoms with Crippen LogP contribution < -0.4 is 10.5 Å². The predicted octanol–water partition coefficient (Wildman–Crippen LogP) is 3.23. The van der Waals surface area contributed by atoms with Crippen molar-refractivity contribution in [1.29, 1.82) is 0 Å². The summed E-state index contributed by atoms with van der Waals surface area (Å²) in [4.78, 5) is 4.12. The number of benzene rings is 1. The molecule has 2 rings (SSSR count). The van der Waals surface area contributed by atoms with Gasteiger partial charge in [0.1, 0.15) is 12.4 Å². The van der Waals surface area contributed by atoms with Crippen LogP contribution in [0.2, 0.25) is 0 Å². The summed E-state index contributed by atoms with van der Waals surface area (Å²) in [5.74, 6) is 0.899. The van der Waals surface area contributed by atoms with Gasteiger partial charge in [0.2, 0.25) is 0 Å². The van der Waals surface area contributed by atoms with E-state index in [1.165, 1.54) is 5.56 Å². The van der Waals surface area contributed by atoms with E-state index in [0.717, 1.165) is 27.8 Å². The fourth-order valence-electron chi connectivity index (χ4n) is 1.90. The molecule has 1 aromatic heterocycles. The third kappa shape index (κ3) is 4.04. The van der Waals surface area contributed by atoms with E-state index in [4.69, 9.17) is 10.5 Å². The molecule has 100 valence electrons. The first-order valence-electron chi connectivity index (χ1n) is 6.21. The first-order valence-corrected chi connectivity index (χ1v) is 7.00. The zero-order valence-corrected chi connectivity index (χ0v) is 12.5. The molecule has 0 spiro atoms. The van der Waals surface area contributed by atoms with Crippen LogP contribution in [0.3, 0.4) is 0 Å². The van der Waals surface area contributed by atoms with E-state index in [-0.39, 0.29) is 0 Å². The standard InChI is InChI=1S/C15H17BrN2O/c1-11-2-3-15(13(6-11)4-5-17)19-10-12-7-14(16)9-18-8-12/h2-3,6-9H,4-5,10,17H2,1H3. The van der Waals surface area contributed by atoms with E-state index in [2.05, 4.69) is 40.0 Å². The summed E-state index contributed by atoms with van der Waals surface area (Å²) in [6.07, 6.45) is 4.39. The van der Waals surface area contributed by atoms with Gasteiger partial charge in [-0.25, -0.2) is 0 Å². The largest absolute Gasteiger partial charge is 0.489 e. The zero-order chi connectivity index (χ0) is 13.7. The fourth-order valence-corrected chi connectivity index (χ4v) is 2.31. The number of aromatic nitrogens is 1. The summed E-state index contributed by atoms with van der Waals surface area (Å²) in [5, 5.41) is 0. The van der Waals surface area contributed by atoms with Crippen molar-refractivity contribution in [2.45, 2.75) is 20.0 Å². The zero-order valence-electron chi connectivity index (χ0n) is 10.9. The molecule has 4 heteroatoms. The minimum Gasteiger partial charge on any atom is -0.489 e. The Morgan fingerprint density at radius 1 is 1.26 bits per heavy atom. The van der Waals surface area contributed by atoms with Gasteiger partial charge in [-0.1, -0.05) is 17.7 Å². The Labute approximate surface area is 121 Å². The molecule has 2 N–H and O–H groups in total. The topological polar surface area (TPSA) is 48.1 Å². The van der Waals surface area contributed by atoms with Crippen LogP contribution in [0, 0.1) is 6.92 Å². The van der Waals surface area contributed by atoms with Crippen molar-refractivity contribution in [3.05, 3.63) is 57.8 Å². The highest BCUT2D eigenvalue weighted by molar-refractivity contribution is 9.10. The third-order valence-corrected chi connectivity index (χ3v) is 3.22. The first-order chi connectivity index (χ1) is 9.19. The second-order valence-electron chi connectivity index (χ2n) is 4.45. The molecule has 3 nitrogen and oxygen atoms in total. The van der Waals surface area contributed by atoms with Gasteiger partial charge in [-0.2, -0.15) is 0 Å². The molecule has 0 saturated heterocycles. The summed E-state index contributed by atoms with van der Waals surface area (Å²) in [6, 6.07) is 8.19. The number of nitrogens with zero attached hydrogens (tertiary/aromatic N) is 1. The van der Waals surface area contributed by atoms with Gasteiger partial charge in [-0.15, -0.1) is 0 Å². The smallest absolute Gasteiger partial charge is 0.123 e. The first kappa shape index (κ1) is 14.0. The van der Waals surface area contributed by atoms with Gasteiger partial charge >= 0.3 is 0 Å². The van der Waals surface area contributed by atoms with Crippen LogP contribution in [-0.4, -0.2) is 11.5 Å². The van der Waals surface area contributed by atoms with Crippen molar-refractivity contribution in [1.82, 2.24) is 4.98 Å². The Kier molecular flexibility index (Phi) is 4.93. The normalized spacial score (nSPS) is 10.5. The minimum atomic E-state index is 0.507. The molecule has 0 bridgehead atoms. The van der Waals surface area contributed by atoms with Crippen LogP contribution in [0.1, 0.15) is 16.7 Å². The molecule has 2 aromatic rings. The second kappa shape index (κ2) is 6.68. The Morgan fingerprint density at radius 2 is 2.11 bits per heavy atom. The molecule has 0 amide bonds. The van der Waals surface area contributed by atoms with Gasteiger partial charge < -0.3 is 10.5 Å². The van der Waals surface area contributed by atoms with Crippen molar-refractivity contribution in [2.75, 3.05) is 6.54 Å². The van der Waals surface area contributed by atoms with Crippen molar-refractivity contribution in [3.63, 3.8) is 0 Å². The van der Waals surface area contributed by atoms with Crippen molar-refractivity contribution >= 4 is 15.9 Å². The number of aryl methyl sites for hydroxylation is 1. The predicted molar refractivity (Wildman–Crippen MR) is 80.2 cm³/mol. The van der Waals surface area contributed by atoms with Crippen molar-refractivity contribution in [3.8, 4) is 5.75 Å². The van der Waals surface area contributed by atoms with E-state index in [1.54, 1.807) is 6.20 Å². The number of ether oxygens (including phenoxy) is 1. The van der Waals surface area contributed by atoms with E-state index in [9.17, 15) is 0 Å². The van der Waals surface area contributed by atoms with E-state index < -0.39 is 0 Å². The maximum absolute atomic E-state index is 5.87. The van der Waals surface area contributed by atoms with Gasteiger partial charge in [-0.3, -0.25) is 4.98 Å². The lowest BCUT2D eigenvalue weighted by atomic mass is 10.1. The number of rotatable bonds is 5. The Bertz CT molecular complexity index is 558. The second-order valence-corrected chi connectivity index (χ2v) is 5.37. The monoisotopic (exact) mass is 320 g/mol. The molecular formula is C15H17BrN2O. The average molecular weight is 321 g/mol. The molecule has 1 heterocycles. The number of hydrogen-bond acceptors (Lipinski definition) is 3. The molecule has 0 aliphatic carbocycles. The molecule has 19 heavy (non-hydrogen) atoms. The summed E-state index contributed by atoms with van der Waals surface area (Å²) in [6.45, 7) is 3.20. The summed E-state index contributed by atoms with van der Waals surface area (Å²) in [7, 11) is 0. The highest BCUT2D eigenvalue weighted by Crippen LogP contribution is 2.22. The maximum Gasteiger partial charge on any atom is 0.123 e. The van der Waals surface area contributed by atoms with E-state index in [0.29, 0.717) is 13.2 Å². The van der Waals surface area contributed by atoms with Gasteiger partial charge in [0.25, 0.3) is 0 Å². The number of halogens is 1. The molecule has 0 aliphatic heterocycles. The van der Waals surface area contributed by atoms with E-state index >= 15 is 0 Å². The van der Waals surface area contributed by atoms with Crippen LogP contribution in [0.25, 0.3) is 0 Å². The lowest BCUT2D eigenvalue weighted by Crippen LogP contribution is -2.06. The lowest BCUT2D eigenvalue weighted by Gasteiger charge is -2.12. The summed E-state index contributed by atoms with van der Waals surface area (Å²) < 4.78 is 6.83.